The minimum absolute atomic E-state index is 0.00498. The summed E-state index contributed by atoms with van der Waals surface area (Å²) in [6.45, 7) is 5.58. The maximum atomic E-state index is 12.6. The van der Waals surface area contributed by atoms with Crippen molar-refractivity contribution in [1.82, 2.24) is 0 Å². The fourth-order valence-corrected chi connectivity index (χ4v) is 2.82. The number of amides is 2. The topological polar surface area (TPSA) is 49.4 Å². The second-order valence-corrected chi connectivity index (χ2v) is 6.39. The molecule has 1 saturated carbocycles. The highest BCUT2D eigenvalue weighted by Crippen LogP contribution is 2.36. The van der Waals surface area contributed by atoms with Crippen molar-refractivity contribution in [1.29, 1.82) is 0 Å². The molecule has 2 aromatic rings. The Morgan fingerprint density at radius 3 is 2.38 bits per heavy atom. The lowest BCUT2D eigenvalue weighted by Crippen LogP contribution is -2.31. The van der Waals surface area contributed by atoms with E-state index in [1.165, 1.54) is 0 Å². The summed E-state index contributed by atoms with van der Waals surface area (Å²) in [5, 5.41) is 2.96. The van der Waals surface area contributed by atoms with E-state index in [4.69, 9.17) is 0 Å². The van der Waals surface area contributed by atoms with Crippen LogP contribution in [0.25, 0.3) is 0 Å². The molecule has 24 heavy (non-hydrogen) atoms. The van der Waals surface area contributed by atoms with Crippen molar-refractivity contribution in [2.45, 2.75) is 39.7 Å². The molecule has 1 fully saturated rings. The first-order chi connectivity index (χ1) is 11.5. The molecule has 1 aliphatic rings. The SMILES string of the molecule is CC(=O)N(c1ccccc1NC(=O)c1ccc(C)c(C)c1)C1CC1. The predicted molar refractivity (Wildman–Crippen MR) is 96.5 cm³/mol. The number of aryl methyl sites for hydroxylation is 2. The molecule has 0 unspecified atom stereocenters. The van der Waals surface area contributed by atoms with Gasteiger partial charge in [0.1, 0.15) is 0 Å². The van der Waals surface area contributed by atoms with Crippen molar-refractivity contribution in [2.75, 3.05) is 10.2 Å². The first-order valence-corrected chi connectivity index (χ1v) is 8.25. The fraction of sp³-hybridized carbons (Fsp3) is 0.300. The molecule has 0 aromatic heterocycles. The number of carbonyl (C=O) groups is 2. The molecule has 0 bridgehead atoms. The van der Waals surface area contributed by atoms with Gasteiger partial charge in [-0.2, -0.15) is 0 Å². The van der Waals surface area contributed by atoms with E-state index in [0.717, 1.165) is 29.7 Å². The third-order valence-corrected chi connectivity index (χ3v) is 4.43. The number of nitrogens with zero attached hydrogens (tertiary/aromatic N) is 1. The molecule has 1 N–H and O–H groups in total. The molecular weight excluding hydrogens is 300 g/mol. The van der Waals surface area contributed by atoms with E-state index in [1.54, 1.807) is 11.8 Å². The van der Waals surface area contributed by atoms with E-state index >= 15 is 0 Å². The van der Waals surface area contributed by atoms with Crippen LogP contribution in [0.1, 0.15) is 41.3 Å². The molecule has 124 valence electrons. The molecule has 4 heteroatoms. The van der Waals surface area contributed by atoms with Crippen LogP contribution in [0.15, 0.2) is 42.5 Å². The Morgan fingerprint density at radius 1 is 1.04 bits per heavy atom. The molecule has 2 aromatic carbocycles. The Morgan fingerprint density at radius 2 is 1.75 bits per heavy atom. The lowest BCUT2D eigenvalue weighted by atomic mass is 10.1. The number of nitrogens with one attached hydrogen (secondary N) is 1. The van der Waals surface area contributed by atoms with Crippen LogP contribution in [0, 0.1) is 13.8 Å². The smallest absolute Gasteiger partial charge is 0.255 e. The third-order valence-electron chi connectivity index (χ3n) is 4.43. The van der Waals surface area contributed by atoms with Crippen LogP contribution in [0.3, 0.4) is 0 Å². The molecule has 4 nitrogen and oxygen atoms in total. The molecule has 1 aliphatic carbocycles. The minimum atomic E-state index is -0.162. The summed E-state index contributed by atoms with van der Waals surface area (Å²) in [4.78, 5) is 26.4. The van der Waals surface area contributed by atoms with E-state index in [9.17, 15) is 9.59 Å². The predicted octanol–water partition coefficient (Wildman–Crippen LogP) is 4.07. The standard InChI is InChI=1S/C20H22N2O2/c1-13-8-9-16(12-14(13)2)20(24)21-18-6-4-5-7-19(18)22(15(3)23)17-10-11-17/h4-9,12,17H,10-11H2,1-3H3,(H,21,24). The average Bonchev–Trinajstić information content (AvgIpc) is 3.36. The van der Waals surface area contributed by atoms with Gasteiger partial charge in [-0.05, 0) is 62.1 Å². The van der Waals surface area contributed by atoms with E-state index in [1.807, 2.05) is 56.3 Å². The summed E-state index contributed by atoms with van der Waals surface area (Å²) in [6.07, 6.45) is 2.03. The van der Waals surface area contributed by atoms with Gasteiger partial charge in [-0.1, -0.05) is 18.2 Å². The van der Waals surface area contributed by atoms with Crippen molar-refractivity contribution in [3.63, 3.8) is 0 Å². The van der Waals surface area contributed by atoms with Gasteiger partial charge in [0, 0.05) is 18.5 Å². The number of carbonyl (C=O) groups excluding carboxylic acids is 2. The maximum Gasteiger partial charge on any atom is 0.255 e. The molecule has 0 spiro atoms. The number of rotatable bonds is 4. The van der Waals surface area contributed by atoms with Gasteiger partial charge in [0.15, 0.2) is 0 Å². The minimum Gasteiger partial charge on any atom is -0.320 e. The fourth-order valence-electron chi connectivity index (χ4n) is 2.82. The number of hydrogen-bond donors (Lipinski definition) is 1. The van der Waals surface area contributed by atoms with Crippen molar-refractivity contribution < 1.29 is 9.59 Å². The molecule has 0 radical (unpaired) electrons. The van der Waals surface area contributed by atoms with Gasteiger partial charge in [-0.25, -0.2) is 0 Å². The van der Waals surface area contributed by atoms with Crippen LogP contribution in [0.4, 0.5) is 11.4 Å². The van der Waals surface area contributed by atoms with Crippen molar-refractivity contribution in [2.24, 2.45) is 0 Å². The zero-order valence-corrected chi connectivity index (χ0v) is 14.3. The van der Waals surface area contributed by atoms with Crippen LogP contribution in [0.2, 0.25) is 0 Å². The van der Waals surface area contributed by atoms with E-state index in [-0.39, 0.29) is 17.9 Å². The van der Waals surface area contributed by atoms with Crippen LogP contribution in [-0.2, 0) is 4.79 Å². The summed E-state index contributed by atoms with van der Waals surface area (Å²) in [5.74, 6) is -0.157. The average molecular weight is 322 g/mol. The van der Waals surface area contributed by atoms with Gasteiger partial charge in [0.25, 0.3) is 5.91 Å². The number of hydrogen-bond acceptors (Lipinski definition) is 2. The molecule has 0 aliphatic heterocycles. The van der Waals surface area contributed by atoms with Crippen molar-refractivity contribution in [3.8, 4) is 0 Å². The Labute approximate surface area is 142 Å². The zero-order valence-electron chi connectivity index (χ0n) is 14.3. The van der Waals surface area contributed by atoms with Gasteiger partial charge >= 0.3 is 0 Å². The number of anilines is 2. The second-order valence-electron chi connectivity index (χ2n) is 6.39. The maximum absolute atomic E-state index is 12.6. The molecular formula is C20H22N2O2. The quantitative estimate of drug-likeness (QED) is 0.922. The van der Waals surface area contributed by atoms with E-state index in [0.29, 0.717) is 11.3 Å². The number of benzene rings is 2. The molecule has 0 saturated heterocycles. The van der Waals surface area contributed by atoms with Crippen LogP contribution in [0.5, 0.6) is 0 Å². The summed E-state index contributed by atoms with van der Waals surface area (Å²) in [7, 11) is 0. The van der Waals surface area contributed by atoms with Crippen LogP contribution in [-0.4, -0.2) is 17.9 Å². The highest BCUT2D eigenvalue weighted by atomic mass is 16.2. The highest BCUT2D eigenvalue weighted by Gasteiger charge is 2.33. The zero-order chi connectivity index (χ0) is 17.3. The Bertz CT molecular complexity index is 794. The lowest BCUT2D eigenvalue weighted by molar-refractivity contribution is -0.116. The summed E-state index contributed by atoms with van der Waals surface area (Å²) >= 11 is 0. The monoisotopic (exact) mass is 322 g/mol. The van der Waals surface area contributed by atoms with Crippen molar-refractivity contribution in [3.05, 3.63) is 59.2 Å². The van der Waals surface area contributed by atoms with E-state index in [2.05, 4.69) is 5.32 Å². The molecule has 0 heterocycles. The van der Waals surface area contributed by atoms with Gasteiger partial charge in [0.2, 0.25) is 5.91 Å². The normalized spacial score (nSPS) is 13.5. The van der Waals surface area contributed by atoms with Crippen LogP contribution < -0.4 is 10.2 Å². The van der Waals surface area contributed by atoms with Gasteiger partial charge in [-0.3, -0.25) is 9.59 Å². The summed E-state index contributed by atoms with van der Waals surface area (Å²) < 4.78 is 0. The number of para-hydroxylation sites is 2. The first-order valence-electron chi connectivity index (χ1n) is 8.25. The third kappa shape index (κ3) is 3.32. The lowest BCUT2D eigenvalue weighted by Gasteiger charge is -2.24. The summed E-state index contributed by atoms with van der Waals surface area (Å²) in [5.41, 5.74) is 4.30. The van der Waals surface area contributed by atoms with Gasteiger partial charge in [-0.15, -0.1) is 0 Å². The molecule has 3 rings (SSSR count). The van der Waals surface area contributed by atoms with Gasteiger partial charge < -0.3 is 10.2 Å². The Kier molecular flexibility index (Phi) is 4.38. The first kappa shape index (κ1) is 16.2. The van der Waals surface area contributed by atoms with Crippen molar-refractivity contribution >= 4 is 23.2 Å². The Balaban J connectivity index is 1.88. The molecule has 2 amide bonds. The largest absolute Gasteiger partial charge is 0.320 e. The highest BCUT2D eigenvalue weighted by molar-refractivity contribution is 6.07. The van der Waals surface area contributed by atoms with E-state index < -0.39 is 0 Å². The Hall–Kier alpha value is -2.62. The van der Waals surface area contributed by atoms with Crippen LogP contribution >= 0.6 is 0 Å². The molecule has 0 atom stereocenters. The summed E-state index contributed by atoms with van der Waals surface area (Å²) in [6, 6.07) is 13.4. The van der Waals surface area contributed by atoms with Gasteiger partial charge in [0.05, 0.1) is 11.4 Å². The second kappa shape index (κ2) is 6.48.